The Morgan fingerprint density at radius 3 is 2.16 bits per heavy atom. The molecule has 272 valence electrons. The maximum atomic E-state index is 13.7. The van der Waals surface area contributed by atoms with Crippen LogP contribution in [0.5, 0.6) is 11.5 Å². The first-order chi connectivity index (χ1) is 23.7. The third kappa shape index (κ3) is 9.50. The van der Waals surface area contributed by atoms with Gasteiger partial charge in [-0.25, -0.2) is 0 Å². The average Bonchev–Trinajstić information content (AvgIpc) is 3.84. The first-order valence-corrected chi connectivity index (χ1v) is 19.9. The van der Waals surface area contributed by atoms with E-state index in [2.05, 4.69) is 50.2 Å². The van der Waals surface area contributed by atoms with Crippen molar-refractivity contribution in [2.75, 3.05) is 20.3 Å². The van der Waals surface area contributed by atoms with Crippen molar-refractivity contribution >= 4 is 5.78 Å². The fraction of sp³-hybridized carbons (Fsp3) is 0.705. The maximum absolute atomic E-state index is 13.7. The highest BCUT2D eigenvalue weighted by Crippen LogP contribution is 2.58. The second kappa shape index (κ2) is 18.2. The van der Waals surface area contributed by atoms with Crippen molar-refractivity contribution in [3.05, 3.63) is 59.2 Å². The van der Waals surface area contributed by atoms with Crippen molar-refractivity contribution in [2.45, 2.75) is 149 Å². The van der Waals surface area contributed by atoms with Gasteiger partial charge in [-0.15, -0.1) is 0 Å². The van der Waals surface area contributed by atoms with Crippen LogP contribution in [-0.2, 0) is 22.4 Å². The number of fused-ring (bicyclic) bond motifs is 1. The van der Waals surface area contributed by atoms with Crippen molar-refractivity contribution in [3.8, 4) is 11.5 Å². The van der Waals surface area contributed by atoms with Crippen LogP contribution in [0.3, 0.4) is 0 Å². The molecule has 3 aliphatic rings. The van der Waals surface area contributed by atoms with E-state index in [0.717, 1.165) is 63.2 Å². The number of aliphatic hydroxyl groups is 1. The van der Waals surface area contributed by atoms with E-state index in [1.165, 1.54) is 80.9 Å². The van der Waals surface area contributed by atoms with Crippen LogP contribution in [-0.4, -0.2) is 43.4 Å². The number of Topliss-reactive ketones (excluding diaryl/α,β-unsaturated/α-hetero) is 1. The molecule has 0 spiro atoms. The van der Waals surface area contributed by atoms with Gasteiger partial charge in [-0.1, -0.05) is 108 Å². The zero-order valence-corrected chi connectivity index (χ0v) is 31.4. The number of carbonyl (C=O) groups excluding carboxylic acids is 1. The van der Waals surface area contributed by atoms with Gasteiger partial charge in [0, 0.05) is 37.4 Å². The molecule has 2 fully saturated rings. The number of aliphatic hydroxyl groups excluding tert-OH is 1. The fourth-order valence-corrected chi connectivity index (χ4v) is 9.85. The van der Waals surface area contributed by atoms with Gasteiger partial charge >= 0.3 is 0 Å². The van der Waals surface area contributed by atoms with E-state index < -0.39 is 6.10 Å². The summed E-state index contributed by atoms with van der Waals surface area (Å²) in [5.74, 6) is 2.97. The van der Waals surface area contributed by atoms with Crippen molar-refractivity contribution in [1.29, 1.82) is 0 Å². The van der Waals surface area contributed by atoms with Crippen LogP contribution in [0.4, 0.5) is 0 Å². The van der Waals surface area contributed by atoms with Crippen LogP contribution in [0.2, 0.25) is 0 Å². The summed E-state index contributed by atoms with van der Waals surface area (Å²) < 4.78 is 18.4. The molecule has 7 atom stereocenters. The Labute approximate surface area is 297 Å². The molecule has 4 unspecified atom stereocenters. The summed E-state index contributed by atoms with van der Waals surface area (Å²) in [5.41, 5.74) is 3.55. The highest BCUT2D eigenvalue weighted by Gasteiger charge is 2.52. The number of hydrogen-bond acceptors (Lipinski definition) is 5. The molecule has 1 N–H and O–H groups in total. The molecule has 5 rings (SSSR count). The van der Waals surface area contributed by atoms with E-state index in [-0.39, 0.29) is 29.3 Å². The van der Waals surface area contributed by atoms with E-state index in [1.807, 2.05) is 19.9 Å². The Morgan fingerprint density at radius 2 is 1.59 bits per heavy atom. The zero-order valence-electron chi connectivity index (χ0n) is 31.4. The zero-order chi connectivity index (χ0) is 34.8. The second-order valence-corrected chi connectivity index (χ2v) is 16.2. The first-order valence-electron chi connectivity index (χ1n) is 19.9. The van der Waals surface area contributed by atoms with Crippen LogP contribution in [0.1, 0.15) is 140 Å². The summed E-state index contributed by atoms with van der Waals surface area (Å²) in [6.45, 7) is 9.89. The summed E-state index contributed by atoms with van der Waals surface area (Å²) in [7, 11) is 1.70. The Morgan fingerprint density at radius 1 is 0.939 bits per heavy atom. The molecule has 1 saturated heterocycles. The van der Waals surface area contributed by atoms with Gasteiger partial charge in [-0.05, 0) is 92.0 Å². The van der Waals surface area contributed by atoms with Crippen molar-refractivity contribution in [1.82, 2.24) is 0 Å². The molecule has 2 aromatic carbocycles. The molecule has 49 heavy (non-hydrogen) atoms. The molecule has 0 bridgehead atoms. The molecule has 2 aromatic rings. The quantitative estimate of drug-likeness (QED) is 0.142. The number of benzene rings is 2. The Kier molecular flexibility index (Phi) is 14.1. The van der Waals surface area contributed by atoms with Crippen molar-refractivity contribution in [3.63, 3.8) is 0 Å². The molecule has 5 nitrogen and oxygen atoms in total. The lowest BCUT2D eigenvalue weighted by Gasteiger charge is -2.36. The molecule has 1 aliphatic heterocycles. The minimum absolute atomic E-state index is 0.000646. The number of ether oxygens (including phenoxy) is 3. The summed E-state index contributed by atoms with van der Waals surface area (Å²) in [4.78, 5) is 13.7. The van der Waals surface area contributed by atoms with Gasteiger partial charge < -0.3 is 19.3 Å². The number of ketones is 1. The third-order valence-electron chi connectivity index (χ3n) is 12.8. The molecule has 0 aromatic heterocycles. The predicted octanol–water partition coefficient (Wildman–Crippen LogP) is 10.3. The van der Waals surface area contributed by atoms with Crippen molar-refractivity contribution in [2.24, 2.45) is 29.1 Å². The van der Waals surface area contributed by atoms with E-state index in [0.29, 0.717) is 17.6 Å². The maximum Gasteiger partial charge on any atom is 0.161 e. The van der Waals surface area contributed by atoms with E-state index in [4.69, 9.17) is 14.2 Å². The minimum atomic E-state index is -0.499. The Bertz CT molecular complexity index is 1290. The number of rotatable bonds is 20. The standard InChI is InChI=1S/C44H66O5/c1-6-7-8-9-10-11-12-13-14-15-20-39(36-23-24-48-30-36)43(31(2)45)37-27-40(44(4,29-37)32(3)46)35-21-22-41(47-5)42(28-35)49-38-25-33-18-16-17-19-34(33)26-38/h16-19,21-22,28,32,36-40,43,46H,6-15,20,23-27,29-30H2,1-5H3/t32-,36?,37?,39+,40?,43-,44?/m1/s1. The van der Waals surface area contributed by atoms with Gasteiger partial charge in [-0.2, -0.15) is 0 Å². The van der Waals surface area contributed by atoms with Gasteiger partial charge in [0.1, 0.15) is 11.9 Å². The molecule has 2 aliphatic carbocycles. The molecule has 1 heterocycles. The smallest absolute Gasteiger partial charge is 0.161 e. The Hall–Kier alpha value is -2.37. The topological polar surface area (TPSA) is 65.0 Å². The van der Waals surface area contributed by atoms with E-state index in [9.17, 15) is 9.90 Å². The average molecular weight is 675 g/mol. The Balaban J connectivity index is 1.29. The minimum Gasteiger partial charge on any atom is -0.493 e. The first kappa shape index (κ1) is 37.9. The molecule has 1 saturated carbocycles. The van der Waals surface area contributed by atoms with Gasteiger partial charge in [-0.3, -0.25) is 4.79 Å². The largest absolute Gasteiger partial charge is 0.493 e. The molecule has 0 amide bonds. The summed E-state index contributed by atoms with van der Waals surface area (Å²) >= 11 is 0. The fourth-order valence-electron chi connectivity index (χ4n) is 9.85. The summed E-state index contributed by atoms with van der Waals surface area (Å²) in [6, 6.07) is 15.0. The highest BCUT2D eigenvalue weighted by molar-refractivity contribution is 5.79. The lowest BCUT2D eigenvalue weighted by Crippen LogP contribution is -2.36. The molecular weight excluding hydrogens is 608 g/mol. The van der Waals surface area contributed by atoms with Crippen LogP contribution in [0.15, 0.2) is 42.5 Å². The van der Waals surface area contributed by atoms with Crippen LogP contribution >= 0.6 is 0 Å². The van der Waals surface area contributed by atoms with E-state index >= 15 is 0 Å². The number of hydrogen-bond donors (Lipinski definition) is 1. The van der Waals surface area contributed by atoms with Crippen LogP contribution in [0.25, 0.3) is 0 Å². The summed E-state index contributed by atoms with van der Waals surface area (Å²) in [6.07, 6.45) is 18.5. The van der Waals surface area contributed by atoms with Gasteiger partial charge in [0.25, 0.3) is 0 Å². The molecule has 5 heteroatoms. The number of methoxy groups -OCH3 is 1. The van der Waals surface area contributed by atoms with E-state index in [1.54, 1.807) is 7.11 Å². The number of carbonyl (C=O) groups is 1. The van der Waals surface area contributed by atoms with Crippen LogP contribution in [0, 0.1) is 29.1 Å². The monoisotopic (exact) mass is 674 g/mol. The normalized spacial score (nSPS) is 25.6. The SMILES string of the molecule is CCCCCCCCCCCC[C@@H](C1CCOC1)[C@H](C(C)=O)C1CC(c2ccc(OC)c(OC3Cc4ccccc4C3)c2)C(C)([C@@H](C)O)C1. The number of unbranched alkanes of at least 4 members (excludes halogenated alkanes) is 9. The second-order valence-electron chi connectivity index (χ2n) is 16.2. The molecular formula is C44H66O5. The van der Waals surface area contributed by atoms with Gasteiger partial charge in [0.05, 0.1) is 13.2 Å². The highest BCUT2D eigenvalue weighted by atomic mass is 16.5. The van der Waals surface area contributed by atoms with Gasteiger partial charge in [0.2, 0.25) is 0 Å². The van der Waals surface area contributed by atoms with Crippen molar-refractivity contribution < 1.29 is 24.1 Å². The lowest BCUT2D eigenvalue weighted by atomic mass is 9.68. The third-order valence-corrected chi connectivity index (χ3v) is 12.8. The molecule has 0 radical (unpaired) electrons. The van der Waals surface area contributed by atoms with Crippen LogP contribution < -0.4 is 9.47 Å². The van der Waals surface area contributed by atoms with Gasteiger partial charge in [0.15, 0.2) is 11.5 Å². The summed E-state index contributed by atoms with van der Waals surface area (Å²) in [5, 5.41) is 11.4. The predicted molar refractivity (Wildman–Crippen MR) is 200 cm³/mol. The lowest BCUT2D eigenvalue weighted by molar-refractivity contribution is -0.125.